The molecule has 2 aromatic carbocycles. The van der Waals surface area contributed by atoms with Gasteiger partial charge < -0.3 is 10.6 Å². The number of amides is 2. The van der Waals surface area contributed by atoms with Crippen LogP contribution in [0.1, 0.15) is 75.3 Å². The summed E-state index contributed by atoms with van der Waals surface area (Å²) in [5.41, 5.74) is 2.43. The number of carbonyl (C=O) groups is 2. The molecule has 0 saturated heterocycles. The van der Waals surface area contributed by atoms with Gasteiger partial charge in [0.05, 0.1) is 0 Å². The second-order valence-electron chi connectivity index (χ2n) is 8.50. The molecule has 0 aliphatic rings. The van der Waals surface area contributed by atoms with Gasteiger partial charge in [-0.3, -0.25) is 9.59 Å². The lowest BCUT2D eigenvalue weighted by molar-refractivity contribution is -0.121. The highest BCUT2D eigenvalue weighted by Gasteiger charge is 2.02. The van der Waals surface area contributed by atoms with Gasteiger partial charge in [0.1, 0.15) is 0 Å². The summed E-state index contributed by atoms with van der Waals surface area (Å²) in [6.07, 6.45) is 12.2. The molecule has 0 bridgehead atoms. The number of unbranched alkanes of at least 4 members (excludes halogenated alkanes) is 7. The summed E-state index contributed by atoms with van der Waals surface area (Å²) < 4.78 is 0. The van der Waals surface area contributed by atoms with Crippen LogP contribution in [0, 0.1) is 0 Å². The number of benzene rings is 2. The molecular weight excluding hydrogens is 396 g/mol. The first-order valence-electron chi connectivity index (χ1n) is 12.4. The van der Waals surface area contributed by atoms with E-state index in [2.05, 4.69) is 34.9 Å². The van der Waals surface area contributed by atoms with Crippen molar-refractivity contribution in [2.45, 2.75) is 77.0 Å². The van der Waals surface area contributed by atoms with Crippen molar-refractivity contribution in [3.8, 4) is 0 Å². The topological polar surface area (TPSA) is 58.2 Å². The molecule has 0 unspecified atom stereocenters. The van der Waals surface area contributed by atoms with Crippen LogP contribution in [0.15, 0.2) is 60.7 Å². The Hall–Kier alpha value is -2.62. The summed E-state index contributed by atoms with van der Waals surface area (Å²) in [5.74, 6) is 0.307. The molecule has 0 saturated carbocycles. The molecule has 0 heterocycles. The van der Waals surface area contributed by atoms with E-state index in [1.54, 1.807) is 0 Å². The maximum Gasteiger partial charge on any atom is 0.220 e. The maximum absolute atomic E-state index is 11.9. The Morgan fingerprint density at radius 1 is 0.500 bits per heavy atom. The molecule has 0 aliphatic carbocycles. The van der Waals surface area contributed by atoms with Crippen molar-refractivity contribution >= 4 is 11.8 Å². The highest BCUT2D eigenvalue weighted by atomic mass is 16.2. The van der Waals surface area contributed by atoms with Crippen LogP contribution in [0.3, 0.4) is 0 Å². The lowest BCUT2D eigenvalue weighted by Gasteiger charge is -2.06. The van der Waals surface area contributed by atoms with Gasteiger partial charge in [0.15, 0.2) is 0 Å². The van der Waals surface area contributed by atoms with Crippen LogP contribution in [-0.2, 0) is 22.4 Å². The molecule has 32 heavy (non-hydrogen) atoms. The molecule has 0 radical (unpaired) electrons. The molecule has 2 N–H and O–H groups in total. The molecule has 0 atom stereocenters. The average molecular weight is 437 g/mol. The molecule has 4 nitrogen and oxygen atoms in total. The van der Waals surface area contributed by atoms with E-state index in [0.717, 1.165) is 38.8 Å². The Kier molecular flexibility index (Phi) is 13.6. The zero-order valence-electron chi connectivity index (χ0n) is 19.5. The fraction of sp³-hybridized carbons (Fsp3) is 0.500. The van der Waals surface area contributed by atoms with E-state index in [4.69, 9.17) is 0 Å². The number of hydrogen-bond acceptors (Lipinski definition) is 2. The standard InChI is InChI=1S/C28H40N2O2/c31-27(21-19-25-15-9-7-10-16-25)29-23-13-5-3-1-2-4-6-14-24-30-28(32)22-20-26-17-11-8-12-18-26/h7-12,15-18H,1-6,13-14,19-24H2,(H,29,31)(H,30,32). The fourth-order valence-electron chi connectivity index (χ4n) is 3.75. The summed E-state index contributed by atoms with van der Waals surface area (Å²) in [6, 6.07) is 20.3. The predicted molar refractivity (Wildman–Crippen MR) is 132 cm³/mol. The minimum absolute atomic E-state index is 0.154. The Bertz CT molecular complexity index is 681. The number of carbonyl (C=O) groups excluding carboxylic acids is 2. The Morgan fingerprint density at radius 3 is 1.22 bits per heavy atom. The highest BCUT2D eigenvalue weighted by Crippen LogP contribution is 2.08. The third kappa shape index (κ3) is 12.9. The molecule has 0 aromatic heterocycles. The van der Waals surface area contributed by atoms with E-state index >= 15 is 0 Å². The zero-order valence-corrected chi connectivity index (χ0v) is 19.5. The summed E-state index contributed by atoms with van der Waals surface area (Å²) in [6.45, 7) is 1.58. The number of nitrogens with one attached hydrogen (secondary N) is 2. The van der Waals surface area contributed by atoms with Crippen LogP contribution in [0.2, 0.25) is 0 Å². The molecule has 0 fully saturated rings. The molecule has 2 aromatic rings. The minimum Gasteiger partial charge on any atom is -0.356 e. The lowest BCUT2D eigenvalue weighted by atomic mass is 10.1. The van der Waals surface area contributed by atoms with Gasteiger partial charge in [-0.05, 0) is 36.8 Å². The van der Waals surface area contributed by atoms with Gasteiger partial charge >= 0.3 is 0 Å². The van der Waals surface area contributed by atoms with Gasteiger partial charge in [-0.15, -0.1) is 0 Å². The number of aryl methyl sites for hydroxylation is 2. The number of rotatable bonds is 17. The average Bonchev–Trinajstić information content (AvgIpc) is 2.83. The Morgan fingerprint density at radius 2 is 0.844 bits per heavy atom. The monoisotopic (exact) mass is 436 g/mol. The Balaban J connectivity index is 1.31. The van der Waals surface area contributed by atoms with Crippen LogP contribution in [0.5, 0.6) is 0 Å². The van der Waals surface area contributed by atoms with Crippen molar-refractivity contribution in [1.29, 1.82) is 0 Å². The molecule has 4 heteroatoms. The highest BCUT2D eigenvalue weighted by molar-refractivity contribution is 5.76. The van der Waals surface area contributed by atoms with Crippen LogP contribution in [0.25, 0.3) is 0 Å². The van der Waals surface area contributed by atoms with Gasteiger partial charge in [-0.1, -0.05) is 99.2 Å². The number of hydrogen-bond donors (Lipinski definition) is 2. The van der Waals surface area contributed by atoms with Gasteiger partial charge in [0.25, 0.3) is 0 Å². The van der Waals surface area contributed by atoms with Crippen molar-refractivity contribution < 1.29 is 9.59 Å². The lowest BCUT2D eigenvalue weighted by Crippen LogP contribution is -2.24. The Labute approximate surface area is 194 Å². The largest absolute Gasteiger partial charge is 0.356 e. The molecule has 2 rings (SSSR count). The van der Waals surface area contributed by atoms with E-state index in [9.17, 15) is 9.59 Å². The van der Waals surface area contributed by atoms with E-state index in [1.165, 1.54) is 49.7 Å². The zero-order chi connectivity index (χ0) is 22.7. The smallest absolute Gasteiger partial charge is 0.220 e. The van der Waals surface area contributed by atoms with E-state index in [0.29, 0.717) is 12.8 Å². The summed E-state index contributed by atoms with van der Waals surface area (Å²) >= 11 is 0. The van der Waals surface area contributed by atoms with Crippen LogP contribution >= 0.6 is 0 Å². The van der Waals surface area contributed by atoms with Gasteiger partial charge in [0, 0.05) is 25.9 Å². The second-order valence-corrected chi connectivity index (χ2v) is 8.50. The summed E-state index contributed by atoms with van der Waals surface area (Å²) in [7, 11) is 0. The molecule has 0 aliphatic heterocycles. The van der Waals surface area contributed by atoms with Crippen molar-refractivity contribution in [3.05, 3.63) is 71.8 Å². The van der Waals surface area contributed by atoms with Gasteiger partial charge in [0.2, 0.25) is 11.8 Å². The van der Waals surface area contributed by atoms with Crippen molar-refractivity contribution in [1.82, 2.24) is 10.6 Å². The minimum atomic E-state index is 0.154. The summed E-state index contributed by atoms with van der Waals surface area (Å²) in [4.78, 5) is 23.8. The normalized spacial score (nSPS) is 10.6. The quantitative estimate of drug-likeness (QED) is 0.317. The van der Waals surface area contributed by atoms with Gasteiger partial charge in [-0.25, -0.2) is 0 Å². The van der Waals surface area contributed by atoms with Crippen LogP contribution < -0.4 is 10.6 Å². The van der Waals surface area contributed by atoms with Crippen molar-refractivity contribution in [2.24, 2.45) is 0 Å². The van der Waals surface area contributed by atoms with Crippen LogP contribution in [0.4, 0.5) is 0 Å². The molecular formula is C28H40N2O2. The summed E-state index contributed by atoms with van der Waals surface area (Å²) in [5, 5.41) is 6.06. The first kappa shape index (κ1) is 25.6. The third-order valence-corrected chi connectivity index (χ3v) is 5.72. The first-order chi connectivity index (χ1) is 15.7. The molecule has 174 valence electrons. The third-order valence-electron chi connectivity index (χ3n) is 5.72. The van der Waals surface area contributed by atoms with Gasteiger partial charge in [-0.2, -0.15) is 0 Å². The molecule has 0 spiro atoms. The second kappa shape index (κ2) is 17.0. The maximum atomic E-state index is 11.9. The van der Waals surface area contributed by atoms with Crippen molar-refractivity contribution in [2.75, 3.05) is 13.1 Å². The van der Waals surface area contributed by atoms with E-state index in [-0.39, 0.29) is 11.8 Å². The van der Waals surface area contributed by atoms with Crippen LogP contribution in [-0.4, -0.2) is 24.9 Å². The SMILES string of the molecule is O=C(CCc1ccccc1)NCCCCCCCCCCNC(=O)CCc1ccccc1. The fourth-order valence-corrected chi connectivity index (χ4v) is 3.75. The van der Waals surface area contributed by atoms with E-state index < -0.39 is 0 Å². The van der Waals surface area contributed by atoms with Crippen molar-refractivity contribution in [3.63, 3.8) is 0 Å². The van der Waals surface area contributed by atoms with E-state index in [1.807, 2.05) is 36.4 Å². The predicted octanol–water partition coefficient (Wildman–Crippen LogP) is 5.61. The molecule has 2 amide bonds. The first-order valence-corrected chi connectivity index (χ1v) is 12.4.